The van der Waals surface area contributed by atoms with Crippen molar-refractivity contribution < 1.29 is 19.4 Å². The first-order valence-corrected chi connectivity index (χ1v) is 5.50. The molecule has 0 saturated heterocycles. The van der Waals surface area contributed by atoms with Crippen LogP contribution in [-0.2, 0) is 4.74 Å². The number of aromatic nitrogens is 2. The van der Waals surface area contributed by atoms with Crippen LogP contribution in [0.15, 0.2) is 24.5 Å². The molecule has 0 aromatic carbocycles. The quantitative estimate of drug-likeness (QED) is 0.709. The van der Waals surface area contributed by atoms with Gasteiger partial charge >= 0.3 is 11.9 Å². The van der Waals surface area contributed by atoms with Crippen LogP contribution >= 0.6 is 0 Å². The highest BCUT2D eigenvalue weighted by molar-refractivity contribution is 5.87. The number of nitrogens with one attached hydrogen (secondary N) is 2. The van der Waals surface area contributed by atoms with Gasteiger partial charge in [0.2, 0.25) is 0 Å². The van der Waals surface area contributed by atoms with E-state index < -0.39 is 11.9 Å². The fourth-order valence-electron chi connectivity index (χ4n) is 1.27. The number of H-pyrrole nitrogens is 2. The minimum atomic E-state index is -1.05. The van der Waals surface area contributed by atoms with Gasteiger partial charge in [-0.2, -0.15) is 10.5 Å². The predicted molar refractivity (Wildman–Crippen MR) is 69.3 cm³/mol. The Morgan fingerprint density at radius 2 is 1.57 bits per heavy atom. The molecule has 0 unspecified atom stereocenters. The fourth-order valence-corrected chi connectivity index (χ4v) is 1.27. The Bertz CT molecular complexity index is 730. The summed E-state index contributed by atoms with van der Waals surface area (Å²) >= 11 is 0. The molecule has 0 amide bonds. The van der Waals surface area contributed by atoms with Gasteiger partial charge in [0.15, 0.2) is 0 Å². The summed E-state index contributed by atoms with van der Waals surface area (Å²) in [6.45, 7) is 0. The van der Waals surface area contributed by atoms with E-state index in [2.05, 4.69) is 14.7 Å². The Labute approximate surface area is 119 Å². The summed E-state index contributed by atoms with van der Waals surface area (Å²) in [6, 6.07) is 6.41. The van der Waals surface area contributed by atoms with Gasteiger partial charge in [-0.05, 0) is 12.1 Å². The van der Waals surface area contributed by atoms with E-state index in [0.717, 1.165) is 0 Å². The second-order valence-corrected chi connectivity index (χ2v) is 3.62. The van der Waals surface area contributed by atoms with Gasteiger partial charge in [0.1, 0.15) is 23.5 Å². The lowest BCUT2D eigenvalue weighted by atomic mass is 10.3. The lowest BCUT2D eigenvalue weighted by Gasteiger charge is -1.91. The molecule has 0 aliphatic carbocycles. The molecule has 0 fully saturated rings. The SMILES string of the molecule is COC(=O)c1cc(C#N)c[nH]1.N#Cc1c[nH]c(C(=O)O)c1. The maximum Gasteiger partial charge on any atom is 0.354 e. The summed E-state index contributed by atoms with van der Waals surface area (Å²) in [5, 5.41) is 25.0. The van der Waals surface area contributed by atoms with E-state index in [1.54, 1.807) is 0 Å². The van der Waals surface area contributed by atoms with E-state index in [-0.39, 0.29) is 5.69 Å². The van der Waals surface area contributed by atoms with Crippen molar-refractivity contribution in [2.45, 2.75) is 0 Å². The van der Waals surface area contributed by atoms with E-state index in [0.29, 0.717) is 16.8 Å². The van der Waals surface area contributed by atoms with Gasteiger partial charge in [-0.15, -0.1) is 0 Å². The monoisotopic (exact) mass is 286 g/mol. The second kappa shape index (κ2) is 7.16. The van der Waals surface area contributed by atoms with Crippen LogP contribution < -0.4 is 0 Å². The van der Waals surface area contributed by atoms with Crippen molar-refractivity contribution in [1.82, 2.24) is 9.97 Å². The van der Waals surface area contributed by atoms with Gasteiger partial charge in [-0.1, -0.05) is 0 Å². The van der Waals surface area contributed by atoms with E-state index in [1.165, 1.54) is 31.6 Å². The van der Waals surface area contributed by atoms with Gasteiger partial charge < -0.3 is 19.8 Å². The van der Waals surface area contributed by atoms with Crippen molar-refractivity contribution in [3.63, 3.8) is 0 Å². The number of carbonyl (C=O) groups excluding carboxylic acids is 1. The number of rotatable bonds is 2. The fraction of sp³-hybridized carbons (Fsp3) is 0.0769. The number of nitrogens with zero attached hydrogens (tertiary/aromatic N) is 2. The van der Waals surface area contributed by atoms with Crippen molar-refractivity contribution in [2.75, 3.05) is 7.11 Å². The van der Waals surface area contributed by atoms with Gasteiger partial charge in [-0.25, -0.2) is 9.59 Å². The molecule has 3 N–H and O–H groups in total. The Hall–Kier alpha value is -3.52. The highest BCUT2D eigenvalue weighted by Gasteiger charge is 2.06. The van der Waals surface area contributed by atoms with Crippen LogP contribution in [-0.4, -0.2) is 34.1 Å². The number of ether oxygens (including phenoxy) is 1. The smallest absolute Gasteiger partial charge is 0.354 e. The minimum Gasteiger partial charge on any atom is -0.477 e. The topological polar surface area (TPSA) is 143 Å². The maximum absolute atomic E-state index is 10.8. The van der Waals surface area contributed by atoms with E-state index in [9.17, 15) is 9.59 Å². The number of carboxylic acid groups (broad SMARTS) is 1. The molecule has 2 heterocycles. The highest BCUT2D eigenvalue weighted by Crippen LogP contribution is 2.02. The highest BCUT2D eigenvalue weighted by atomic mass is 16.5. The molecule has 0 spiro atoms. The Morgan fingerprint density at radius 3 is 1.90 bits per heavy atom. The molecule has 0 atom stereocenters. The van der Waals surface area contributed by atoms with Gasteiger partial charge in [0.25, 0.3) is 0 Å². The molecule has 8 nitrogen and oxygen atoms in total. The van der Waals surface area contributed by atoms with Crippen molar-refractivity contribution >= 4 is 11.9 Å². The Balaban J connectivity index is 0.000000211. The van der Waals surface area contributed by atoms with Gasteiger partial charge in [0, 0.05) is 12.4 Å². The number of hydrogen-bond acceptors (Lipinski definition) is 5. The first kappa shape index (κ1) is 15.5. The van der Waals surface area contributed by atoms with Gasteiger partial charge in [-0.3, -0.25) is 0 Å². The number of carbonyl (C=O) groups is 2. The molecule has 0 aliphatic heterocycles. The molecule has 0 aliphatic rings. The number of aromatic carboxylic acids is 1. The molecular formula is C13H10N4O4. The van der Waals surface area contributed by atoms with E-state index in [1.807, 2.05) is 12.1 Å². The molecule has 0 radical (unpaired) electrons. The van der Waals surface area contributed by atoms with Crippen LogP contribution in [0, 0.1) is 22.7 Å². The third-order valence-corrected chi connectivity index (χ3v) is 2.26. The molecule has 0 bridgehead atoms. The number of aromatic amines is 2. The zero-order valence-corrected chi connectivity index (χ0v) is 10.9. The molecular weight excluding hydrogens is 276 g/mol. The van der Waals surface area contributed by atoms with Crippen LogP contribution in [0.1, 0.15) is 32.1 Å². The van der Waals surface area contributed by atoms with Crippen molar-refractivity contribution in [3.8, 4) is 12.1 Å². The Kier molecular flexibility index (Phi) is 5.30. The summed E-state index contributed by atoms with van der Waals surface area (Å²) in [6.07, 6.45) is 2.80. The van der Waals surface area contributed by atoms with Crippen LogP contribution in [0.25, 0.3) is 0 Å². The summed E-state index contributed by atoms with van der Waals surface area (Å²) in [4.78, 5) is 26.0. The zero-order valence-electron chi connectivity index (χ0n) is 10.9. The lowest BCUT2D eigenvalue weighted by molar-refractivity contribution is 0.0594. The van der Waals surface area contributed by atoms with Crippen LogP contribution in [0.3, 0.4) is 0 Å². The molecule has 21 heavy (non-hydrogen) atoms. The minimum absolute atomic E-state index is 0.0385. The number of hydrogen-bond donors (Lipinski definition) is 3. The van der Waals surface area contributed by atoms with Crippen LogP contribution in [0.4, 0.5) is 0 Å². The zero-order chi connectivity index (χ0) is 15.8. The molecule has 0 saturated carbocycles. The normalized spacial score (nSPS) is 8.71. The average Bonchev–Trinajstić information content (AvgIpc) is 3.15. The number of methoxy groups -OCH3 is 1. The predicted octanol–water partition coefficient (Wildman–Crippen LogP) is 1.26. The largest absolute Gasteiger partial charge is 0.477 e. The third-order valence-electron chi connectivity index (χ3n) is 2.26. The maximum atomic E-state index is 10.8. The summed E-state index contributed by atoms with van der Waals surface area (Å²) in [5.41, 5.74) is 1.09. The van der Waals surface area contributed by atoms with Crippen molar-refractivity contribution in [2.24, 2.45) is 0 Å². The Morgan fingerprint density at radius 1 is 1.10 bits per heavy atom. The van der Waals surface area contributed by atoms with E-state index in [4.69, 9.17) is 15.6 Å². The molecule has 2 aromatic rings. The summed E-state index contributed by atoms with van der Waals surface area (Å²) < 4.78 is 4.41. The van der Waals surface area contributed by atoms with E-state index >= 15 is 0 Å². The molecule has 2 rings (SSSR count). The van der Waals surface area contributed by atoms with Crippen LogP contribution in [0.2, 0.25) is 0 Å². The number of nitriles is 2. The number of carboxylic acids is 1. The van der Waals surface area contributed by atoms with Gasteiger partial charge in [0.05, 0.1) is 18.2 Å². The van der Waals surface area contributed by atoms with Crippen molar-refractivity contribution in [3.05, 3.63) is 47.0 Å². The third kappa shape index (κ3) is 4.26. The lowest BCUT2D eigenvalue weighted by Crippen LogP contribution is -2.00. The summed E-state index contributed by atoms with van der Waals surface area (Å²) in [7, 11) is 1.29. The first-order valence-electron chi connectivity index (χ1n) is 5.50. The molecule has 106 valence electrons. The summed E-state index contributed by atoms with van der Waals surface area (Å²) in [5.74, 6) is -1.52. The number of esters is 1. The molecule has 8 heteroatoms. The molecule has 2 aromatic heterocycles. The second-order valence-electron chi connectivity index (χ2n) is 3.62. The van der Waals surface area contributed by atoms with Crippen LogP contribution in [0.5, 0.6) is 0 Å². The average molecular weight is 286 g/mol. The first-order chi connectivity index (χ1) is 10.0. The van der Waals surface area contributed by atoms with Crippen molar-refractivity contribution in [1.29, 1.82) is 10.5 Å². The standard InChI is InChI=1S/C7H6N2O2.C6H4N2O2/c1-11-7(10)6-2-5(3-8)4-9-6;7-2-4-1-5(6(9)10)8-3-4/h2,4,9H,1H3;1,3,8H,(H,9,10).